The number of nitrogens with one attached hydrogen (secondary N) is 1. The predicted molar refractivity (Wildman–Crippen MR) is 68.9 cm³/mol. The maximum Gasteiger partial charge on any atom is 0.239 e. The van der Waals surface area contributed by atoms with E-state index >= 15 is 0 Å². The zero-order valence-electron chi connectivity index (χ0n) is 10.4. The van der Waals surface area contributed by atoms with Gasteiger partial charge < -0.3 is 21.5 Å². The minimum absolute atomic E-state index is 0.0678. The van der Waals surface area contributed by atoms with Crippen LogP contribution in [-0.2, 0) is 4.79 Å². The smallest absolute Gasteiger partial charge is 0.239 e. The van der Waals surface area contributed by atoms with Gasteiger partial charge in [-0.1, -0.05) is 0 Å². The fourth-order valence-electron chi connectivity index (χ4n) is 1.37. The van der Waals surface area contributed by atoms with Crippen molar-refractivity contribution in [3.05, 3.63) is 18.2 Å². The number of primary amides is 1. The van der Waals surface area contributed by atoms with Gasteiger partial charge in [0.25, 0.3) is 0 Å². The Labute approximate surface area is 101 Å². The average molecular weight is 237 g/mol. The molecule has 1 amide bonds. The van der Waals surface area contributed by atoms with Crippen molar-refractivity contribution in [1.82, 2.24) is 0 Å². The van der Waals surface area contributed by atoms with E-state index in [-0.39, 0.29) is 6.10 Å². The second-order valence-electron chi connectivity index (χ2n) is 4.23. The molecule has 0 bridgehead atoms. The summed E-state index contributed by atoms with van der Waals surface area (Å²) in [7, 11) is 0. The molecule has 0 aliphatic heterocycles. The molecule has 0 saturated carbocycles. The summed E-state index contributed by atoms with van der Waals surface area (Å²) in [6, 6.07) is 4.80. The average Bonchev–Trinajstić information content (AvgIpc) is 2.14. The predicted octanol–water partition coefficient (Wildman–Crippen LogP) is 1.34. The molecule has 1 aromatic carbocycles. The number of ether oxygens (including phenoxy) is 1. The molecule has 0 saturated heterocycles. The van der Waals surface area contributed by atoms with Crippen LogP contribution in [0.5, 0.6) is 5.75 Å². The number of hydrogen-bond acceptors (Lipinski definition) is 4. The molecular weight excluding hydrogens is 218 g/mol. The molecule has 0 fully saturated rings. The van der Waals surface area contributed by atoms with Gasteiger partial charge in [0.15, 0.2) is 0 Å². The standard InChI is InChI=1S/C12H19N3O2/c1-7(2)17-11-5-9(13)4-10(6-11)15-8(3)12(14)16/h4-8,15H,13H2,1-3H3,(H2,14,16). The lowest BCUT2D eigenvalue weighted by Crippen LogP contribution is -2.32. The first-order chi connectivity index (χ1) is 7.88. The summed E-state index contributed by atoms with van der Waals surface area (Å²) in [6.45, 7) is 5.55. The molecular formula is C12H19N3O2. The summed E-state index contributed by atoms with van der Waals surface area (Å²) in [4.78, 5) is 10.9. The van der Waals surface area contributed by atoms with Crippen molar-refractivity contribution >= 4 is 17.3 Å². The monoisotopic (exact) mass is 237 g/mol. The van der Waals surface area contributed by atoms with Crippen LogP contribution in [0.2, 0.25) is 0 Å². The van der Waals surface area contributed by atoms with Gasteiger partial charge in [0, 0.05) is 23.5 Å². The van der Waals surface area contributed by atoms with Crippen LogP contribution < -0.4 is 21.5 Å². The quantitative estimate of drug-likeness (QED) is 0.674. The first-order valence-electron chi connectivity index (χ1n) is 5.51. The van der Waals surface area contributed by atoms with E-state index < -0.39 is 11.9 Å². The van der Waals surface area contributed by atoms with Crippen LogP contribution in [-0.4, -0.2) is 18.1 Å². The Hall–Kier alpha value is -1.91. The summed E-state index contributed by atoms with van der Waals surface area (Å²) in [5.74, 6) is 0.248. The molecule has 1 unspecified atom stereocenters. The van der Waals surface area contributed by atoms with E-state index in [1.807, 2.05) is 13.8 Å². The molecule has 0 radical (unpaired) electrons. The minimum atomic E-state index is -0.455. The summed E-state index contributed by atoms with van der Waals surface area (Å²) in [5, 5.41) is 2.96. The van der Waals surface area contributed by atoms with E-state index in [1.165, 1.54) is 0 Å². The Morgan fingerprint density at radius 3 is 2.47 bits per heavy atom. The lowest BCUT2D eigenvalue weighted by atomic mass is 10.2. The number of carbonyl (C=O) groups excluding carboxylic acids is 1. The van der Waals surface area contributed by atoms with Crippen LogP contribution >= 0.6 is 0 Å². The number of nitrogens with two attached hydrogens (primary N) is 2. The van der Waals surface area contributed by atoms with Gasteiger partial charge in [-0.3, -0.25) is 4.79 Å². The number of anilines is 2. The largest absolute Gasteiger partial charge is 0.491 e. The Balaban J connectivity index is 2.85. The van der Waals surface area contributed by atoms with Gasteiger partial charge in [0.05, 0.1) is 6.10 Å². The normalized spacial score (nSPS) is 12.2. The molecule has 0 spiro atoms. The van der Waals surface area contributed by atoms with E-state index in [0.717, 1.165) is 0 Å². The zero-order valence-corrected chi connectivity index (χ0v) is 10.4. The summed E-state index contributed by atoms with van der Waals surface area (Å²) < 4.78 is 5.54. The number of nitrogen functional groups attached to an aromatic ring is 1. The second-order valence-corrected chi connectivity index (χ2v) is 4.23. The second kappa shape index (κ2) is 5.43. The molecule has 0 aliphatic rings. The molecule has 0 heterocycles. The number of carbonyl (C=O) groups is 1. The Bertz CT molecular complexity index is 405. The summed E-state index contributed by atoms with van der Waals surface area (Å²) >= 11 is 0. The van der Waals surface area contributed by atoms with Gasteiger partial charge in [-0.2, -0.15) is 0 Å². The molecule has 0 aromatic heterocycles. The molecule has 94 valence electrons. The summed E-state index contributed by atoms with van der Waals surface area (Å²) in [5.41, 5.74) is 12.2. The molecule has 17 heavy (non-hydrogen) atoms. The number of rotatable bonds is 5. The maximum atomic E-state index is 10.9. The first-order valence-corrected chi connectivity index (χ1v) is 5.51. The van der Waals surface area contributed by atoms with Crippen LogP contribution in [0.1, 0.15) is 20.8 Å². The first kappa shape index (κ1) is 13.2. The lowest BCUT2D eigenvalue weighted by molar-refractivity contribution is -0.118. The highest BCUT2D eigenvalue weighted by atomic mass is 16.5. The molecule has 5 nitrogen and oxygen atoms in total. The van der Waals surface area contributed by atoms with Crippen LogP contribution in [0.15, 0.2) is 18.2 Å². The maximum absolute atomic E-state index is 10.9. The molecule has 1 rings (SSSR count). The van der Waals surface area contributed by atoms with Crippen molar-refractivity contribution in [3.63, 3.8) is 0 Å². The molecule has 5 N–H and O–H groups in total. The fourth-order valence-corrected chi connectivity index (χ4v) is 1.37. The highest BCUT2D eigenvalue weighted by Crippen LogP contribution is 2.23. The van der Waals surface area contributed by atoms with Crippen LogP contribution in [0.25, 0.3) is 0 Å². The highest BCUT2D eigenvalue weighted by Gasteiger charge is 2.09. The van der Waals surface area contributed by atoms with Crippen molar-refractivity contribution in [3.8, 4) is 5.75 Å². The Morgan fingerprint density at radius 1 is 1.29 bits per heavy atom. The SMILES string of the molecule is CC(C)Oc1cc(N)cc(NC(C)C(N)=O)c1. The highest BCUT2D eigenvalue weighted by molar-refractivity contribution is 5.82. The van der Waals surface area contributed by atoms with Crippen molar-refractivity contribution < 1.29 is 9.53 Å². The lowest BCUT2D eigenvalue weighted by Gasteiger charge is -2.15. The Morgan fingerprint density at radius 2 is 1.94 bits per heavy atom. The van der Waals surface area contributed by atoms with Gasteiger partial charge in [-0.05, 0) is 26.8 Å². The van der Waals surface area contributed by atoms with Crippen molar-refractivity contribution in [2.75, 3.05) is 11.1 Å². The van der Waals surface area contributed by atoms with E-state index in [4.69, 9.17) is 16.2 Å². The van der Waals surface area contributed by atoms with E-state index in [9.17, 15) is 4.79 Å². The van der Waals surface area contributed by atoms with Gasteiger partial charge in [-0.25, -0.2) is 0 Å². The van der Waals surface area contributed by atoms with E-state index in [1.54, 1.807) is 25.1 Å². The third kappa shape index (κ3) is 4.22. The Kier molecular flexibility index (Phi) is 4.20. The number of benzene rings is 1. The molecule has 1 aromatic rings. The van der Waals surface area contributed by atoms with Gasteiger partial charge in [0.2, 0.25) is 5.91 Å². The van der Waals surface area contributed by atoms with Crippen LogP contribution in [0.3, 0.4) is 0 Å². The molecule has 1 atom stereocenters. The van der Waals surface area contributed by atoms with E-state index in [2.05, 4.69) is 5.32 Å². The number of amides is 1. The van der Waals surface area contributed by atoms with Gasteiger partial charge in [-0.15, -0.1) is 0 Å². The van der Waals surface area contributed by atoms with Crippen LogP contribution in [0, 0.1) is 0 Å². The third-order valence-corrected chi connectivity index (χ3v) is 2.11. The van der Waals surface area contributed by atoms with Gasteiger partial charge in [0.1, 0.15) is 11.8 Å². The minimum Gasteiger partial charge on any atom is -0.491 e. The molecule has 0 aliphatic carbocycles. The molecule has 5 heteroatoms. The van der Waals surface area contributed by atoms with Crippen molar-refractivity contribution in [2.45, 2.75) is 32.9 Å². The number of hydrogen-bond donors (Lipinski definition) is 3. The van der Waals surface area contributed by atoms with Crippen LogP contribution in [0.4, 0.5) is 11.4 Å². The summed E-state index contributed by atoms with van der Waals surface area (Å²) in [6.07, 6.45) is 0.0678. The van der Waals surface area contributed by atoms with Crippen molar-refractivity contribution in [1.29, 1.82) is 0 Å². The van der Waals surface area contributed by atoms with E-state index in [0.29, 0.717) is 17.1 Å². The fraction of sp³-hybridized carbons (Fsp3) is 0.417. The van der Waals surface area contributed by atoms with Crippen molar-refractivity contribution in [2.24, 2.45) is 5.73 Å². The topological polar surface area (TPSA) is 90.4 Å². The van der Waals surface area contributed by atoms with Gasteiger partial charge >= 0.3 is 0 Å². The third-order valence-electron chi connectivity index (χ3n) is 2.11. The zero-order chi connectivity index (χ0) is 13.0.